The number of aryl methyl sites for hydroxylation is 1. The maximum absolute atomic E-state index is 15.2. The number of nitrogens with one attached hydrogen (secondary N) is 2. The van der Waals surface area contributed by atoms with Crippen molar-refractivity contribution < 1.29 is 35.8 Å². The zero-order chi connectivity index (χ0) is 32.5. The first-order valence-electron chi connectivity index (χ1n) is 13.6. The van der Waals surface area contributed by atoms with E-state index in [1.165, 1.54) is 30.0 Å². The van der Waals surface area contributed by atoms with Gasteiger partial charge in [0.2, 0.25) is 0 Å². The molecule has 1 fully saturated rings. The molecule has 8 nitrogen and oxygen atoms in total. The van der Waals surface area contributed by atoms with Gasteiger partial charge in [-0.3, -0.25) is 5.41 Å². The van der Waals surface area contributed by atoms with E-state index in [2.05, 4.69) is 20.2 Å². The number of halogens is 5. The summed E-state index contributed by atoms with van der Waals surface area (Å²) >= 11 is 1.27. The fourth-order valence-corrected chi connectivity index (χ4v) is 5.71. The molecule has 236 valence electrons. The monoisotopic (exact) mass is 646 g/mol. The van der Waals surface area contributed by atoms with Crippen molar-refractivity contribution in [3.8, 4) is 17.0 Å². The Morgan fingerprint density at radius 3 is 2.67 bits per heavy atom. The first kappa shape index (κ1) is 32.1. The number of epoxide rings is 1. The van der Waals surface area contributed by atoms with E-state index in [-0.39, 0.29) is 41.6 Å². The van der Waals surface area contributed by atoms with Crippen LogP contribution in [0.15, 0.2) is 74.3 Å². The Hall–Kier alpha value is -4.30. The number of hydrogen-bond donors (Lipinski definition) is 2. The van der Waals surface area contributed by atoms with E-state index in [4.69, 9.17) is 14.6 Å². The zero-order valence-corrected chi connectivity index (χ0v) is 25.0. The molecule has 0 bridgehead atoms. The van der Waals surface area contributed by atoms with Crippen LogP contribution in [0.25, 0.3) is 16.8 Å². The minimum absolute atomic E-state index is 0.169. The number of nitroso groups, excluding NO2 is 1. The number of oxazole rings is 1. The lowest BCUT2D eigenvalue weighted by atomic mass is 9.82. The van der Waals surface area contributed by atoms with Crippen LogP contribution in [0, 0.1) is 28.9 Å². The Morgan fingerprint density at radius 2 is 2.04 bits per heavy atom. The highest BCUT2D eigenvalue weighted by molar-refractivity contribution is 7.98. The molecule has 2 aromatic carbocycles. The van der Waals surface area contributed by atoms with Crippen molar-refractivity contribution >= 4 is 23.0 Å². The highest BCUT2D eigenvalue weighted by Crippen LogP contribution is 2.43. The lowest BCUT2D eigenvalue weighted by Crippen LogP contribution is -2.20. The molecule has 2 aliphatic rings. The Bertz CT molecular complexity index is 1750. The van der Waals surface area contributed by atoms with E-state index in [0.29, 0.717) is 33.7 Å². The standard InChI is InChI=1S/C31H27F5N4O4S/c1-15-40-28(17-5-7-25(23(33)9-17)44-30(34)35)29(43-15)20-8-16(18-10-22(32)21(13-39-41)26(11-18)45-3)4-6-19(20)24(38-2)12-27(37)31(36)14-42-31/h5-12,16,30,37-38H,4,13-14H2,1-3H3/b24-12-,37-27?. The molecule has 2 N–H and O–H groups in total. The van der Waals surface area contributed by atoms with Gasteiger partial charge in [-0.2, -0.15) is 13.7 Å². The van der Waals surface area contributed by atoms with E-state index in [9.17, 15) is 22.5 Å². The summed E-state index contributed by atoms with van der Waals surface area (Å²) in [4.78, 5) is 15.9. The topological polar surface area (TPSA) is 113 Å². The summed E-state index contributed by atoms with van der Waals surface area (Å²) < 4.78 is 85.0. The Kier molecular flexibility index (Phi) is 9.26. The molecule has 5 rings (SSSR count). The van der Waals surface area contributed by atoms with E-state index in [1.807, 2.05) is 6.08 Å². The molecule has 1 aromatic heterocycles. The molecule has 0 radical (unpaired) electrons. The van der Waals surface area contributed by atoms with Gasteiger partial charge in [-0.1, -0.05) is 17.3 Å². The number of nitrogens with zero attached hydrogens (tertiary/aromatic N) is 2. The summed E-state index contributed by atoms with van der Waals surface area (Å²) in [5, 5.41) is 14.0. The number of aromatic nitrogens is 1. The van der Waals surface area contributed by atoms with Crippen LogP contribution in [0.1, 0.15) is 35.1 Å². The second-order valence-electron chi connectivity index (χ2n) is 10.2. The molecule has 1 saturated heterocycles. The molecule has 2 heterocycles. The van der Waals surface area contributed by atoms with Gasteiger partial charge in [-0.05, 0) is 54.6 Å². The molecule has 1 aliphatic heterocycles. The summed E-state index contributed by atoms with van der Waals surface area (Å²) in [7, 11) is 1.59. The van der Waals surface area contributed by atoms with E-state index >= 15 is 4.39 Å². The SMILES string of the molecule is CN/C(=C\C(=N)C1(F)CO1)C1=CCC(c2cc(F)c(CN=O)c(SC)c2)C=C1c1oc(C)nc1-c1ccc(OC(F)F)c(F)c1. The predicted octanol–water partition coefficient (Wildman–Crippen LogP) is 7.83. The number of benzene rings is 2. The molecule has 3 aromatic rings. The third kappa shape index (κ3) is 6.71. The van der Waals surface area contributed by atoms with Crippen LogP contribution in [0.5, 0.6) is 5.75 Å². The first-order chi connectivity index (χ1) is 21.5. The Labute approximate surface area is 258 Å². The third-order valence-corrected chi connectivity index (χ3v) is 8.13. The lowest BCUT2D eigenvalue weighted by molar-refractivity contribution is -0.0521. The van der Waals surface area contributed by atoms with Gasteiger partial charge in [0.05, 0.1) is 0 Å². The van der Waals surface area contributed by atoms with Gasteiger partial charge in [0.25, 0.3) is 5.85 Å². The van der Waals surface area contributed by atoms with E-state index in [1.54, 1.807) is 32.4 Å². The van der Waals surface area contributed by atoms with Crippen LogP contribution < -0.4 is 10.1 Å². The number of hydrogen-bond acceptors (Lipinski definition) is 9. The van der Waals surface area contributed by atoms with Crippen LogP contribution in [-0.4, -0.2) is 43.1 Å². The van der Waals surface area contributed by atoms with Gasteiger partial charge >= 0.3 is 6.61 Å². The summed E-state index contributed by atoms with van der Waals surface area (Å²) in [5.41, 5.74) is 1.99. The minimum atomic E-state index is -3.22. The molecule has 45 heavy (non-hydrogen) atoms. The first-order valence-corrected chi connectivity index (χ1v) is 14.8. The van der Waals surface area contributed by atoms with Gasteiger partial charge in [0.1, 0.15) is 30.4 Å². The van der Waals surface area contributed by atoms with Crippen molar-refractivity contribution in [3.63, 3.8) is 0 Å². The van der Waals surface area contributed by atoms with Crippen molar-refractivity contribution in [3.05, 3.63) is 99.1 Å². The van der Waals surface area contributed by atoms with Gasteiger partial charge in [0, 0.05) is 52.8 Å². The number of thioether (sulfide) groups is 1. The molecule has 0 saturated carbocycles. The van der Waals surface area contributed by atoms with Crippen LogP contribution >= 0.6 is 11.8 Å². The van der Waals surface area contributed by atoms with Gasteiger partial charge < -0.3 is 19.2 Å². The summed E-state index contributed by atoms with van der Waals surface area (Å²) in [6.45, 7) is -2.21. The second kappa shape index (κ2) is 13.0. The normalized spacial score (nSPS) is 19.7. The summed E-state index contributed by atoms with van der Waals surface area (Å²) in [5.74, 6) is -4.51. The molecule has 2 atom stereocenters. The van der Waals surface area contributed by atoms with Crippen molar-refractivity contribution in [2.45, 2.75) is 43.2 Å². The number of alkyl halides is 3. The Morgan fingerprint density at radius 1 is 1.29 bits per heavy atom. The van der Waals surface area contributed by atoms with Crippen molar-refractivity contribution in [2.75, 3.05) is 19.9 Å². The average Bonchev–Trinajstić information content (AvgIpc) is 3.65. The minimum Gasteiger partial charge on any atom is -0.440 e. The number of rotatable bonds is 12. The zero-order valence-electron chi connectivity index (χ0n) is 24.2. The van der Waals surface area contributed by atoms with Crippen LogP contribution in [0.2, 0.25) is 0 Å². The van der Waals surface area contributed by atoms with Gasteiger partial charge in [-0.25, -0.2) is 18.2 Å². The van der Waals surface area contributed by atoms with Crippen LogP contribution in [0.3, 0.4) is 0 Å². The number of likely N-dealkylation sites (N-methyl/N-ethyl adjacent to an activating group) is 1. The Balaban J connectivity index is 1.65. The van der Waals surface area contributed by atoms with Crippen LogP contribution in [-0.2, 0) is 11.3 Å². The lowest BCUT2D eigenvalue weighted by Gasteiger charge is -2.24. The molecular formula is C31H27F5N4O4S. The third-order valence-electron chi connectivity index (χ3n) is 7.33. The molecular weight excluding hydrogens is 619 g/mol. The van der Waals surface area contributed by atoms with Crippen molar-refractivity contribution in [1.82, 2.24) is 10.3 Å². The summed E-state index contributed by atoms with van der Waals surface area (Å²) in [6, 6.07) is 6.51. The van der Waals surface area contributed by atoms with Crippen molar-refractivity contribution in [2.24, 2.45) is 5.18 Å². The van der Waals surface area contributed by atoms with Crippen LogP contribution in [0.4, 0.5) is 22.0 Å². The highest BCUT2D eigenvalue weighted by atomic mass is 32.2. The second-order valence-corrected chi connectivity index (χ2v) is 11.0. The number of ether oxygens (including phenoxy) is 2. The fourth-order valence-electron chi connectivity index (χ4n) is 5.05. The van der Waals surface area contributed by atoms with Crippen molar-refractivity contribution in [1.29, 1.82) is 5.41 Å². The highest BCUT2D eigenvalue weighted by Gasteiger charge is 2.49. The molecule has 0 spiro atoms. The number of allylic oxidation sites excluding steroid dienone is 3. The maximum atomic E-state index is 15.2. The molecule has 1 aliphatic carbocycles. The maximum Gasteiger partial charge on any atom is 0.387 e. The van der Waals surface area contributed by atoms with Gasteiger partial charge in [-0.15, -0.1) is 11.8 Å². The predicted molar refractivity (Wildman–Crippen MR) is 159 cm³/mol. The fraction of sp³-hybridized carbons (Fsp3) is 0.290. The quantitative estimate of drug-likeness (QED) is 0.0678. The van der Waals surface area contributed by atoms with E-state index in [0.717, 1.165) is 12.1 Å². The summed E-state index contributed by atoms with van der Waals surface area (Å²) in [6.07, 6.45) is 7.02. The largest absolute Gasteiger partial charge is 0.440 e. The molecule has 0 amide bonds. The van der Waals surface area contributed by atoms with E-state index < -0.39 is 41.5 Å². The molecule has 14 heteroatoms. The average molecular weight is 647 g/mol. The smallest absolute Gasteiger partial charge is 0.387 e. The van der Waals surface area contributed by atoms with Gasteiger partial charge in [0.15, 0.2) is 23.2 Å². The molecule has 2 unspecified atom stereocenters.